The zero-order valence-electron chi connectivity index (χ0n) is 12.3. The lowest BCUT2D eigenvalue weighted by atomic mass is 10.1. The highest BCUT2D eigenvalue weighted by atomic mass is 79.9. The Morgan fingerprint density at radius 3 is 2.57 bits per heavy atom. The number of hydrogen-bond donors (Lipinski definition) is 0. The number of carbonyl (C=O) groups excluding carboxylic acids is 1. The molecular formula is C18H12BrN3O. The van der Waals surface area contributed by atoms with E-state index >= 15 is 0 Å². The van der Waals surface area contributed by atoms with Gasteiger partial charge < -0.3 is 0 Å². The minimum atomic E-state index is -0.0788. The maximum absolute atomic E-state index is 12.1. The molecule has 4 nitrogen and oxygen atoms in total. The quantitative estimate of drug-likeness (QED) is 0.492. The molecule has 2 aromatic carbocycles. The molecule has 112 valence electrons. The molecule has 0 saturated heterocycles. The first kappa shape index (κ1) is 14.1. The molecule has 0 fully saturated rings. The van der Waals surface area contributed by atoms with Crippen molar-refractivity contribution in [3.8, 4) is 11.3 Å². The normalized spacial score (nSPS) is 11.2. The van der Waals surface area contributed by atoms with Crippen molar-refractivity contribution >= 4 is 43.8 Å². The Morgan fingerprint density at radius 2 is 1.83 bits per heavy atom. The van der Waals surface area contributed by atoms with Crippen LogP contribution in [-0.2, 0) is 0 Å². The first-order valence-corrected chi connectivity index (χ1v) is 7.99. The van der Waals surface area contributed by atoms with Crippen LogP contribution in [0.25, 0.3) is 33.2 Å². The van der Waals surface area contributed by atoms with Gasteiger partial charge >= 0.3 is 0 Å². The Balaban J connectivity index is 2.13. The van der Waals surface area contributed by atoms with E-state index in [1.807, 2.05) is 54.6 Å². The molecule has 0 bridgehead atoms. The summed E-state index contributed by atoms with van der Waals surface area (Å²) in [7, 11) is 0. The van der Waals surface area contributed by atoms with E-state index in [2.05, 4.69) is 26.1 Å². The van der Waals surface area contributed by atoms with E-state index in [9.17, 15) is 4.79 Å². The van der Waals surface area contributed by atoms with E-state index in [1.54, 1.807) is 4.57 Å². The van der Waals surface area contributed by atoms with Crippen molar-refractivity contribution < 1.29 is 4.79 Å². The monoisotopic (exact) mass is 365 g/mol. The molecule has 4 aromatic rings. The molecule has 23 heavy (non-hydrogen) atoms. The SMILES string of the molecule is CC(=O)n1c2cccc(Br)c2c2cc(-c3ccccc3)nnc21. The predicted molar refractivity (Wildman–Crippen MR) is 94.5 cm³/mol. The van der Waals surface area contributed by atoms with Crippen molar-refractivity contribution in [1.82, 2.24) is 14.8 Å². The molecule has 0 amide bonds. The third-order valence-electron chi connectivity index (χ3n) is 3.87. The Morgan fingerprint density at radius 1 is 1.04 bits per heavy atom. The molecule has 0 aliphatic carbocycles. The summed E-state index contributed by atoms with van der Waals surface area (Å²) >= 11 is 3.59. The van der Waals surface area contributed by atoms with Crippen molar-refractivity contribution in [2.24, 2.45) is 0 Å². The molecule has 0 atom stereocenters. The second kappa shape index (κ2) is 5.28. The summed E-state index contributed by atoms with van der Waals surface area (Å²) in [6, 6.07) is 17.7. The Hall–Kier alpha value is -2.53. The Kier molecular flexibility index (Phi) is 3.23. The van der Waals surface area contributed by atoms with E-state index in [0.29, 0.717) is 5.65 Å². The molecular weight excluding hydrogens is 354 g/mol. The van der Waals surface area contributed by atoms with Crippen molar-refractivity contribution in [3.05, 3.63) is 59.1 Å². The molecule has 0 aliphatic rings. The number of nitrogens with zero attached hydrogens (tertiary/aromatic N) is 3. The van der Waals surface area contributed by atoms with Gasteiger partial charge in [-0.1, -0.05) is 52.3 Å². The highest BCUT2D eigenvalue weighted by Gasteiger charge is 2.17. The van der Waals surface area contributed by atoms with Crippen molar-refractivity contribution in [2.75, 3.05) is 0 Å². The minimum Gasteiger partial charge on any atom is -0.274 e. The highest BCUT2D eigenvalue weighted by molar-refractivity contribution is 9.10. The van der Waals surface area contributed by atoms with Gasteiger partial charge in [0.25, 0.3) is 0 Å². The van der Waals surface area contributed by atoms with Gasteiger partial charge in [-0.15, -0.1) is 10.2 Å². The lowest BCUT2D eigenvalue weighted by Gasteiger charge is -2.01. The van der Waals surface area contributed by atoms with Crippen LogP contribution in [-0.4, -0.2) is 20.7 Å². The fourth-order valence-corrected chi connectivity index (χ4v) is 3.45. The maximum Gasteiger partial charge on any atom is 0.229 e. The van der Waals surface area contributed by atoms with Crippen LogP contribution in [0.3, 0.4) is 0 Å². The summed E-state index contributed by atoms with van der Waals surface area (Å²) < 4.78 is 2.55. The third-order valence-corrected chi connectivity index (χ3v) is 4.53. The average molecular weight is 366 g/mol. The second-order valence-electron chi connectivity index (χ2n) is 5.32. The number of benzene rings is 2. The van der Waals surface area contributed by atoms with E-state index in [-0.39, 0.29) is 5.91 Å². The van der Waals surface area contributed by atoms with Crippen LogP contribution < -0.4 is 0 Å². The van der Waals surface area contributed by atoms with E-state index < -0.39 is 0 Å². The van der Waals surface area contributed by atoms with Crippen LogP contribution in [0.4, 0.5) is 0 Å². The number of rotatable bonds is 1. The van der Waals surface area contributed by atoms with Crippen molar-refractivity contribution in [2.45, 2.75) is 6.92 Å². The first-order valence-electron chi connectivity index (χ1n) is 7.19. The highest BCUT2D eigenvalue weighted by Crippen LogP contribution is 2.34. The van der Waals surface area contributed by atoms with Gasteiger partial charge in [-0.05, 0) is 18.2 Å². The van der Waals surface area contributed by atoms with Crippen LogP contribution in [0, 0.1) is 0 Å². The summed E-state index contributed by atoms with van der Waals surface area (Å²) in [5, 5.41) is 10.5. The molecule has 2 aromatic heterocycles. The lowest BCUT2D eigenvalue weighted by molar-refractivity contribution is 0.0945. The number of hydrogen-bond acceptors (Lipinski definition) is 3. The van der Waals surface area contributed by atoms with Crippen molar-refractivity contribution in [3.63, 3.8) is 0 Å². The smallest absolute Gasteiger partial charge is 0.229 e. The van der Waals surface area contributed by atoms with Crippen LogP contribution in [0.1, 0.15) is 11.7 Å². The number of fused-ring (bicyclic) bond motifs is 3. The first-order chi connectivity index (χ1) is 11.2. The fraction of sp³-hybridized carbons (Fsp3) is 0.0556. The van der Waals surface area contributed by atoms with Gasteiger partial charge in [0.05, 0.1) is 11.2 Å². The molecule has 0 unspecified atom stereocenters. The summed E-state index contributed by atoms with van der Waals surface area (Å²) in [6.07, 6.45) is 0. The van der Waals surface area contributed by atoms with Crippen LogP contribution >= 0.6 is 15.9 Å². The maximum atomic E-state index is 12.1. The minimum absolute atomic E-state index is 0.0788. The predicted octanol–water partition coefficient (Wildman–Crippen LogP) is 4.67. The van der Waals surface area contributed by atoms with Gasteiger partial charge in [-0.3, -0.25) is 9.36 Å². The van der Waals surface area contributed by atoms with Crippen LogP contribution in [0.5, 0.6) is 0 Å². The molecule has 0 spiro atoms. The number of carbonyl (C=O) groups is 1. The summed E-state index contributed by atoms with van der Waals surface area (Å²) in [5.74, 6) is -0.0788. The van der Waals surface area contributed by atoms with Gasteiger partial charge in [0.2, 0.25) is 5.91 Å². The largest absolute Gasteiger partial charge is 0.274 e. The number of halogens is 1. The molecule has 0 saturated carbocycles. The lowest BCUT2D eigenvalue weighted by Crippen LogP contribution is -2.06. The molecule has 4 rings (SSSR count). The van der Waals surface area contributed by atoms with Gasteiger partial charge in [0, 0.05) is 27.7 Å². The summed E-state index contributed by atoms with van der Waals surface area (Å²) in [6.45, 7) is 1.53. The Labute approximate surface area is 140 Å². The zero-order valence-corrected chi connectivity index (χ0v) is 13.9. The van der Waals surface area contributed by atoms with Crippen LogP contribution in [0.2, 0.25) is 0 Å². The van der Waals surface area contributed by atoms with E-state index in [4.69, 9.17) is 0 Å². The third kappa shape index (κ3) is 2.16. The van der Waals surface area contributed by atoms with Gasteiger partial charge in [-0.2, -0.15) is 0 Å². The van der Waals surface area contributed by atoms with E-state index in [0.717, 1.165) is 32.0 Å². The average Bonchev–Trinajstić information content (AvgIpc) is 2.90. The summed E-state index contributed by atoms with van der Waals surface area (Å²) in [5.41, 5.74) is 3.20. The Bertz CT molecular complexity index is 1050. The van der Waals surface area contributed by atoms with Crippen LogP contribution in [0.15, 0.2) is 59.1 Å². The molecule has 0 radical (unpaired) electrons. The zero-order chi connectivity index (χ0) is 16.0. The van der Waals surface area contributed by atoms with Gasteiger partial charge in [0.15, 0.2) is 5.65 Å². The molecule has 0 aliphatic heterocycles. The van der Waals surface area contributed by atoms with E-state index in [1.165, 1.54) is 6.92 Å². The molecule has 0 N–H and O–H groups in total. The van der Waals surface area contributed by atoms with Gasteiger partial charge in [-0.25, -0.2) is 0 Å². The summed E-state index contributed by atoms with van der Waals surface area (Å²) in [4.78, 5) is 12.1. The fourth-order valence-electron chi connectivity index (χ4n) is 2.88. The topological polar surface area (TPSA) is 47.8 Å². The molecule has 2 heterocycles. The second-order valence-corrected chi connectivity index (χ2v) is 6.18. The van der Waals surface area contributed by atoms with Gasteiger partial charge in [0.1, 0.15) is 0 Å². The molecule has 5 heteroatoms. The number of aromatic nitrogens is 3. The standard InChI is InChI=1S/C18H12BrN3O/c1-11(23)22-16-9-5-8-14(19)17(16)13-10-15(20-21-18(13)22)12-6-3-2-4-7-12/h2-10H,1H3. The van der Waals surface area contributed by atoms with Crippen molar-refractivity contribution in [1.29, 1.82) is 0 Å².